The fourth-order valence-electron chi connectivity index (χ4n) is 2.32. The Balaban J connectivity index is 2.42. The number of nitrogen functional groups attached to an aromatic ring is 1. The van der Waals surface area contributed by atoms with E-state index in [2.05, 4.69) is 4.98 Å². The van der Waals surface area contributed by atoms with Crippen LogP contribution in [0.4, 0.5) is 5.69 Å². The first kappa shape index (κ1) is 12.8. The average molecular weight is 285 g/mol. The quantitative estimate of drug-likeness (QED) is 0.719. The number of benzene rings is 2. The van der Waals surface area contributed by atoms with Gasteiger partial charge in [0, 0.05) is 17.1 Å². The Morgan fingerprint density at radius 3 is 2.70 bits per heavy atom. The molecule has 0 fully saturated rings. The number of methoxy groups -OCH3 is 1. The predicted octanol–water partition coefficient (Wildman–Crippen LogP) is 4.15. The van der Waals surface area contributed by atoms with Crippen LogP contribution in [-0.2, 0) is 0 Å². The molecule has 0 aliphatic carbocycles. The van der Waals surface area contributed by atoms with E-state index in [9.17, 15) is 0 Å². The van der Waals surface area contributed by atoms with E-state index in [-0.39, 0.29) is 0 Å². The third-order valence-electron chi connectivity index (χ3n) is 3.28. The van der Waals surface area contributed by atoms with Gasteiger partial charge in [-0.25, -0.2) is 4.98 Å². The lowest BCUT2D eigenvalue weighted by Crippen LogP contribution is -1.97. The van der Waals surface area contributed by atoms with Gasteiger partial charge in [-0.05, 0) is 11.5 Å². The molecule has 0 spiro atoms. The van der Waals surface area contributed by atoms with Gasteiger partial charge >= 0.3 is 0 Å². The zero-order chi connectivity index (χ0) is 14.1. The largest absolute Gasteiger partial charge is 0.481 e. The van der Waals surface area contributed by atoms with Crippen molar-refractivity contribution in [1.29, 1.82) is 0 Å². The number of anilines is 1. The number of halogens is 1. The van der Waals surface area contributed by atoms with E-state index in [0.29, 0.717) is 16.6 Å². The first-order valence-corrected chi connectivity index (χ1v) is 6.56. The molecule has 0 amide bonds. The third kappa shape index (κ3) is 1.96. The molecule has 0 unspecified atom stereocenters. The molecule has 1 heterocycles. The van der Waals surface area contributed by atoms with Crippen LogP contribution in [0, 0.1) is 0 Å². The van der Waals surface area contributed by atoms with Gasteiger partial charge < -0.3 is 10.5 Å². The van der Waals surface area contributed by atoms with Crippen LogP contribution in [0.5, 0.6) is 5.88 Å². The van der Waals surface area contributed by atoms with Crippen molar-refractivity contribution < 1.29 is 4.74 Å². The minimum atomic E-state index is 0.525. The van der Waals surface area contributed by atoms with Crippen molar-refractivity contribution in [3.05, 3.63) is 53.7 Å². The highest BCUT2D eigenvalue weighted by Gasteiger charge is 2.15. The standard InChI is InChI=1S/C16H13ClN2O/c1-20-16-14(12-7-4-8-13(17)15(12)18)11-6-3-2-5-10(11)9-19-16/h2-9H,18H2,1H3. The Labute approximate surface area is 122 Å². The van der Waals surface area contributed by atoms with Crippen LogP contribution in [0.1, 0.15) is 0 Å². The summed E-state index contributed by atoms with van der Waals surface area (Å²) in [5.41, 5.74) is 8.35. The number of hydrogen-bond donors (Lipinski definition) is 1. The summed E-state index contributed by atoms with van der Waals surface area (Å²) in [5, 5.41) is 2.59. The highest BCUT2D eigenvalue weighted by molar-refractivity contribution is 6.34. The molecule has 1 aromatic heterocycles. The maximum Gasteiger partial charge on any atom is 0.221 e. The summed E-state index contributed by atoms with van der Waals surface area (Å²) < 4.78 is 5.39. The zero-order valence-electron chi connectivity index (χ0n) is 10.9. The van der Waals surface area contributed by atoms with E-state index in [1.54, 1.807) is 19.4 Å². The van der Waals surface area contributed by atoms with Crippen molar-refractivity contribution in [2.24, 2.45) is 0 Å². The lowest BCUT2D eigenvalue weighted by atomic mass is 9.99. The average Bonchev–Trinajstić information content (AvgIpc) is 2.49. The fraction of sp³-hybridized carbons (Fsp3) is 0.0625. The molecule has 2 N–H and O–H groups in total. The molecule has 100 valence electrons. The second-order valence-corrected chi connectivity index (χ2v) is 4.84. The van der Waals surface area contributed by atoms with E-state index in [1.807, 2.05) is 36.4 Å². The molecule has 0 saturated heterocycles. The normalized spacial score (nSPS) is 10.7. The van der Waals surface area contributed by atoms with Gasteiger partial charge in [0.05, 0.1) is 23.4 Å². The van der Waals surface area contributed by atoms with E-state index in [1.165, 1.54) is 0 Å². The molecular weight excluding hydrogens is 272 g/mol. The first-order chi connectivity index (χ1) is 9.72. The predicted molar refractivity (Wildman–Crippen MR) is 83.2 cm³/mol. The van der Waals surface area contributed by atoms with E-state index >= 15 is 0 Å². The highest BCUT2D eigenvalue weighted by atomic mass is 35.5. The second kappa shape index (κ2) is 5.02. The van der Waals surface area contributed by atoms with Crippen molar-refractivity contribution in [2.75, 3.05) is 12.8 Å². The molecule has 0 bridgehead atoms. The molecule has 3 aromatic rings. The highest BCUT2D eigenvalue weighted by Crippen LogP contribution is 2.40. The summed E-state index contributed by atoms with van der Waals surface area (Å²) in [7, 11) is 1.60. The van der Waals surface area contributed by atoms with Gasteiger partial charge in [0.15, 0.2) is 0 Å². The van der Waals surface area contributed by atoms with Gasteiger partial charge in [-0.3, -0.25) is 0 Å². The van der Waals surface area contributed by atoms with Crippen LogP contribution in [0.25, 0.3) is 21.9 Å². The lowest BCUT2D eigenvalue weighted by molar-refractivity contribution is 0.400. The van der Waals surface area contributed by atoms with Crippen LogP contribution in [-0.4, -0.2) is 12.1 Å². The fourth-order valence-corrected chi connectivity index (χ4v) is 2.49. The topological polar surface area (TPSA) is 48.1 Å². The number of rotatable bonds is 2. The van der Waals surface area contributed by atoms with Gasteiger partial charge in [-0.1, -0.05) is 48.0 Å². The van der Waals surface area contributed by atoms with Crippen molar-refractivity contribution in [3.8, 4) is 17.0 Å². The van der Waals surface area contributed by atoms with Gasteiger partial charge in [0.2, 0.25) is 5.88 Å². The summed E-state index contributed by atoms with van der Waals surface area (Å²) >= 11 is 6.12. The number of nitrogens with zero attached hydrogens (tertiary/aromatic N) is 1. The van der Waals surface area contributed by atoms with Gasteiger partial charge in [-0.15, -0.1) is 0 Å². The van der Waals surface area contributed by atoms with Gasteiger partial charge in [0.1, 0.15) is 0 Å². The number of nitrogens with two attached hydrogens (primary N) is 1. The molecule has 0 saturated carbocycles. The minimum absolute atomic E-state index is 0.525. The van der Waals surface area contributed by atoms with Gasteiger partial charge in [-0.2, -0.15) is 0 Å². The molecule has 3 rings (SSSR count). The molecule has 3 nitrogen and oxygen atoms in total. The van der Waals surface area contributed by atoms with Crippen molar-refractivity contribution in [2.45, 2.75) is 0 Å². The van der Waals surface area contributed by atoms with Gasteiger partial charge in [0.25, 0.3) is 0 Å². The number of para-hydroxylation sites is 1. The number of hydrogen-bond acceptors (Lipinski definition) is 3. The molecule has 20 heavy (non-hydrogen) atoms. The third-order valence-corrected chi connectivity index (χ3v) is 3.61. The maximum atomic E-state index is 6.12. The molecule has 0 aliphatic rings. The maximum absolute atomic E-state index is 6.12. The molecule has 0 atom stereocenters. The molecule has 4 heteroatoms. The van der Waals surface area contributed by atoms with Crippen molar-refractivity contribution in [1.82, 2.24) is 4.98 Å². The molecular formula is C16H13ClN2O. The zero-order valence-corrected chi connectivity index (χ0v) is 11.7. The van der Waals surface area contributed by atoms with Crippen molar-refractivity contribution in [3.63, 3.8) is 0 Å². The minimum Gasteiger partial charge on any atom is -0.481 e. The van der Waals surface area contributed by atoms with Crippen molar-refractivity contribution >= 4 is 28.1 Å². The molecule has 0 aliphatic heterocycles. The SMILES string of the molecule is COc1ncc2ccccc2c1-c1cccc(Cl)c1N. The second-order valence-electron chi connectivity index (χ2n) is 4.43. The summed E-state index contributed by atoms with van der Waals surface area (Å²) in [6.45, 7) is 0. The summed E-state index contributed by atoms with van der Waals surface area (Å²) in [6.07, 6.45) is 1.79. The van der Waals surface area contributed by atoms with E-state index in [4.69, 9.17) is 22.1 Å². The number of aromatic nitrogens is 1. The number of pyridine rings is 1. The number of ether oxygens (including phenoxy) is 1. The van der Waals surface area contributed by atoms with E-state index < -0.39 is 0 Å². The summed E-state index contributed by atoms with van der Waals surface area (Å²) in [6, 6.07) is 13.5. The Morgan fingerprint density at radius 1 is 1.10 bits per heavy atom. The van der Waals surface area contributed by atoms with E-state index in [0.717, 1.165) is 21.9 Å². The Morgan fingerprint density at radius 2 is 1.90 bits per heavy atom. The summed E-state index contributed by atoms with van der Waals surface area (Å²) in [4.78, 5) is 4.35. The van der Waals surface area contributed by atoms with Crippen LogP contribution in [0.3, 0.4) is 0 Å². The Hall–Kier alpha value is -2.26. The Kier molecular flexibility index (Phi) is 3.20. The molecule has 2 aromatic carbocycles. The Bertz CT molecular complexity index is 787. The first-order valence-electron chi connectivity index (χ1n) is 6.18. The van der Waals surface area contributed by atoms with Crippen LogP contribution < -0.4 is 10.5 Å². The lowest BCUT2D eigenvalue weighted by Gasteiger charge is -2.13. The monoisotopic (exact) mass is 284 g/mol. The molecule has 0 radical (unpaired) electrons. The summed E-state index contributed by atoms with van der Waals surface area (Å²) in [5.74, 6) is 0.540. The van der Waals surface area contributed by atoms with Crippen LogP contribution in [0.15, 0.2) is 48.7 Å². The van der Waals surface area contributed by atoms with Crippen LogP contribution in [0.2, 0.25) is 5.02 Å². The van der Waals surface area contributed by atoms with Crippen LogP contribution >= 0.6 is 11.6 Å². The number of fused-ring (bicyclic) bond motifs is 1. The smallest absolute Gasteiger partial charge is 0.221 e.